The minimum atomic E-state index is 0. The van der Waals surface area contributed by atoms with E-state index in [0.29, 0.717) is 26.1 Å². The van der Waals surface area contributed by atoms with Crippen LogP contribution in [0.15, 0.2) is 23.5 Å². The van der Waals surface area contributed by atoms with E-state index in [0.717, 1.165) is 38.0 Å². The number of amides is 1. The molecule has 1 aromatic rings. The van der Waals surface area contributed by atoms with E-state index in [-0.39, 0.29) is 29.9 Å². The number of halogens is 1. The molecule has 1 aromatic heterocycles. The number of nitrogens with zero attached hydrogens (tertiary/aromatic N) is 5. The molecule has 1 amide bonds. The molecule has 2 N–H and O–H groups in total. The molecule has 0 radical (unpaired) electrons. The van der Waals surface area contributed by atoms with Gasteiger partial charge in [0.25, 0.3) is 0 Å². The number of guanidine groups is 1. The number of hydrogen-bond donors (Lipinski definition) is 2. The summed E-state index contributed by atoms with van der Waals surface area (Å²) >= 11 is 0. The van der Waals surface area contributed by atoms with Crippen LogP contribution in [0.4, 0.5) is 5.95 Å². The van der Waals surface area contributed by atoms with Gasteiger partial charge in [0.2, 0.25) is 11.9 Å². The average Bonchev–Trinajstić information content (AvgIpc) is 2.70. The molecule has 1 aliphatic heterocycles. The number of rotatable bonds is 8. The molecular formula is C18H32IN7O. The zero-order valence-electron chi connectivity index (χ0n) is 16.4. The predicted octanol–water partition coefficient (Wildman–Crippen LogP) is 1.49. The van der Waals surface area contributed by atoms with Crippen molar-refractivity contribution >= 4 is 41.8 Å². The fraction of sp³-hybridized carbons (Fsp3) is 0.667. The summed E-state index contributed by atoms with van der Waals surface area (Å²) < 4.78 is 0. The second kappa shape index (κ2) is 13.5. The fourth-order valence-corrected chi connectivity index (χ4v) is 2.86. The van der Waals surface area contributed by atoms with Crippen molar-refractivity contribution in [2.45, 2.75) is 32.6 Å². The Labute approximate surface area is 179 Å². The Morgan fingerprint density at radius 1 is 1.11 bits per heavy atom. The molecule has 2 rings (SSSR count). The molecule has 27 heavy (non-hydrogen) atoms. The Kier molecular flexibility index (Phi) is 11.7. The Morgan fingerprint density at radius 3 is 2.41 bits per heavy atom. The Balaban J connectivity index is 0.00000364. The second-order valence-electron chi connectivity index (χ2n) is 6.30. The zero-order chi connectivity index (χ0) is 18.6. The van der Waals surface area contributed by atoms with Crippen LogP contribution < -0.4 is 15.5 Å². The lowest BCUT2D eigenvalue weighted by Crippen LogP contribution is -2.50. The Morgan fingerprint density at radius 2 is 1.78 bits per heavy atom. The summed E-state index contributed by atoms with van der Waals surface area (Å²) in [5, 5.41) is 6.49. The van der Waals surface area contributed by atoms with Crippen molar-refractivity contribution in [2.24, 2.45) is 4.99 Å². The summed E-state index contributed by atoms with van der Waals surface area (Å²) in [5.41, 5.74) is 0. The monoisotopic (exact) mass is 489 g/mol. The van der Waals surface area contributed by atoms with Crippen LogP contribution in [-0.4, -0.2) is 73.1 Å². The number of carbonyl (C=O) groups excluding carboxylic acids is 1. The SMILES string of the molecule is CCCCCNC(=NC)NCCC(=O)N1CCN(c2ncccn2)CC1.I. The van der Waals surface area contributed by atoms with Gasteiger partial charge in [-0.05, 0) is 12.5 Å². The molecule has 152 valence electrons. The van der Waals surface area contributed by atoms with Gasteiger partial charge < -0.3 is 20.4 Å². The number of carbonyl (C=O) groups is 1. The molecule has 1 fully saturated rings. The number of aromatic nitrogens is 2. The van der Waals surface area contributed by atoms with Crippen LogP contribution >= 0.6 is 24.0 Å². The van der Waals surface area contributed by atoms with Gasteiger partial charge in [0.1, 0.15) is 0 Å². The van der Waals surface area contributed by atoms with Crippen LogP contribution in [-0.2, 0) is 4.79 Å². The van der Waals surface area contributed by atoms with Crippen LogP contribution in [0.3, 0.4) is 0 Å². The number of anilines is 1. The topological polar surface area (TPSA) is 85.8 Å². The van der Waals surface area contributed by atoms with E-state index >= 15 is 0 Å². The van der Waals surface area contributed by atoms with Crippen molar-refractivity contribution in [3.8, 4) is 0 Å². The van der Waals surface area contributed by atoms with E-state index in [1.807, 2.05) is 11.0 Å². The first-order chi connectivity index (χ1) is 12.7. The maximum Gasteiger partial charge on any atom is 0.225 e. The maximum atomic E-state index is 12.4. The largest absolute Gasteiger partial charge is 0.356 e. The van der Waals surface area contributed by atoms with Crippen LogP contribution in [0.25, 0.3) is 0 Å². The number of piperazine rings is 1. The summed E-state index contributed by atoms with van der Waals surface area (Å²) in [6.07, 6.45) is 7.50. The zero-order valence-corrected chi connectivity index (χ0v) is 18.7. The van der Waals surface area contributed by atoms with Crippen molar-refractivity contribution in [1.29, 1.82) is 0 Å². The van der Waals surface area contributed by atoms with Gasteiger partial charge in [-0.15, -0.1) is 24.0 Å². The first-order valence-corrected chi connectivity index (χ1v) is 9.49. The lowest BCUT2D eigenvalue weighted by Gasteiger charge is -2.34. The van der Waals surface area contributed by atoms with E-state index in [4.69, 9.17) is 0 Å². The van der Waals surface area contributed by atoms with Crippen LogP contribution in [0.5, 0.6) is 0 Å². The predicted molar refractivity (Wildman–Crippen MR) is 120 cm³/mol. The second-order valence-corrected chi connectivity index (χ2v) is 6.30. The number of aliphatic imine (C=N–C) groups is 1. The minimum Gasteiger partial charge on any atom is -0.356 e. The van der Waals surface area contributed by atoms with Gasteiger partial charge in [-0.2, -0.15) is 0 Å². The van der Waals surface area contributed by atoms with Crippen LogP contribution in [0.1, 0.15) is 32.6 Å². The summed E-state index contributed by atoms with van der Waals surface area (Å²) in [4.78, 5) is 29.1. The molecule has 9 heteroatoms. The van der Waals surface area contributed by atoms with Crippen molar-refractivity contribution in [3.63, 3.8) is 0 Å². The van der Waals surface area contributed by atoms with Crippen molar-refractivity contribution in [3.05, 3.63) is 18.5 Å². The lowest BCUT2D eigenvalue weighted by molar-refractivity contribution is -0.131. The molecule has 0 atom stereocenters. The van der Waals surface area contributed by atoms with Gasteiger partial charge in [-0.3, -0.25) is 9.79 Å². The number of hydrogen-bond acceptors (Lipinski definition) is 5. The third-order valence-electron chi connectivity index (χ3n) is 4.40. The highest BCUT2D eigenvalue weighted by Crippen LogP contribution is 2.10. The Bertz CT molecular complexity index is 562. The van der Waals surface area contributed by atoms with E-state index in [9.17, 15) is 4.79 Å². The summed E-state index contributed by atoms with van der Waals surface area (Å²) in [6.45, 7) is 6.64. The average molecular weight is 489 g/mol. The summed E-state index contributed by atoms with van der Waals surface area (Å²) in [7, 11) is 1.75. The maximum absolute atomic E-state index is 12.4. The van der Waals surface area contributed by atoms with Crippen LogP contribution in [0.2, 0.25) is 0 Å². The number of unbranched alkanes of at least 4 members (excludes halogenated alkanes) is 2. The third kappa shape index (κ3) is 8.27. The smallest absolute Gasteiger partial charge is 0.225 e. The van der Waals surface area contributed by atoms with Crippen LogP contribution in [0, 0.1) is 0 Å². The Hall–Kier alpha value is -1.65. The highest BCUT2D eigenvalue weighted by atomic mass is 127. The first kappa shape index (κ1) is 23.4. The molecule has 0 aromatic carbocycles. The van der Waals surface area contributed by atoms with Gasteiger partial charge >= 0.3 is 0 Å². The molecule has 8 nitrogen and oxygen atoms in total. The molecule has 1 saturated heterocycles. The first-order valence-electron chi connectivity index (χ1n) is 9.49. The van der Waals surface area contributed by atoms with Gasteiger partial charge in [0.15, 0.2) is 5.96 Å². The van der Waals surface area contributed by atoms with E-state index in [1.54, 1.807) is 19.4 Å². The van der Waals surface area contributed by atoms with E-state index in [1.165, 1.54) is 12.8 Å². The standard InChI is InChI=1S/C18H31N7O.HI/c1-3-4-5-8-20-17(19-2)21-11-7-16(26)24-12-14-25(15-13-24)18-22-9-6-10-23-18;/h6,9-10H,3-5,7-8,11-15H2,1-2H3,(H2,19,20,21);1H. The van der Waals surface area contributed by atoms with Gasteiger partial charge in [0, 0.05) is 65.1 Å². The molecular weight excluding hydrogens is 457 g/mol. The normalized spacial score (nSPS) is 14.5. The molecule has 1 aliphatic rings. The molecule has 0 saturated carbocycles. The van der Waals surface area contributed by atoms with E-state index < -0.39 is 0 Å². The van der Waals surface area contributed by atoms with Crippen molar-refractivity contribution in [1.82, 2.24) is 25.5 Å². The molecule has 0 unspecified atom stereocenters. The summed E-state index contributed by atoms with van der Waals surface area (Å²) in [6, 6.07) is 1.81. The molecule has 2 heterocycles. The summed E-state index contributed by atoms with van der Waals surface area (Å²) in [5.74, 6) is 1.67. The molecule has 0 bridgehead atoms. The number of nitrogens with one attached hydrogen (secondary N) is 2. The van der Waals surface area contributed by atoms with E-state index in [2.05, 4.69) is 37.4 Å². The quantitative estimate of drug-likeness (QED) is 0.249. The highest BCUT2D eigenvalue weighted by Gasteiger charge is 2.22. The van der Waals surface area contributed by atoms with Crippen molar-refractivity contribution in [2.75, 3.05) is 51.2 Å². The molecule has 0 aliphatic carbocycles. The highest BCUT2D eigenvalue weighted by molar-refractivity contribution is 14.0. The third-order valence-corrected chi connectivity index (χ3v) is 4.40. The van der Waals surface area contributed by atoms with Gasteiger partial charge in [0.05, 0.1) is 0 Å². The van der Waals surface area contributed by atoms with Gasteiger partial charge in [-0.25, -0.2) is 9.97 Å². The lowest BCUT2D eigenvalue weighted by atomic mass is 10.2. The van der Waals surface area contributed by atoms with Gasteiger partial charge in [-0.1, -0.05) is 19.8 Å². The minimum absolute atomic E-state index is 0. The fourth-order valence-electron chi connectivity index (χ4n) is 2.86. The molecule has 0 spiro atoms. The van der Waals surface area contributed by atoms with Crippen molar-refractivity contribution < 1.29 is 4.79 Å².